The minimum Gasteiger partial charge on any atom is -1.00 e. The van der Waals surface area contributed by atoms with Gasteiger partial charge in [0.2, 0.25) is 0 Å². The monoisotopic (exact) mass is 268 g/mol. The molecule has 1 aromatic rings. The van der Waals surface area contributed by atoms with Crippen molar-refractivity contribution in [3.05, 3.63) is 35.9 Å². The van der Waals surface area contributed by atoms with Crippen LogP contribution in [-0.4, -0.2) is 25.7 Å². The number of halogens is 1. The van der Waals surface area contributed by atoms with Crippen LogP contribution in [0.15, 0.2) is 30.3 Å². The summed E-state index contributed by atoms with van der Waals surface area (Å²) in [4.78, 5) is 11.9. The van der Waals surface area contributed by atoms with Gasteiger partial charge in [-0.25, -0.2) is 0 Å². The molecule has 0 aromatic heterocycles. The van der Waals surface area contributed by atoms with E-state index in [1.165, 1.54) is 20.0 Å². The van der Waals surface area contributed by atoms with Crippen LogP contribution in [0.25, 0.3) is 0 Å². The maximum Gasteiger partial charge on any atom is 0.314 e. The number of hydrogen-bond donors (Lipinski definition) is 1. The van der Waals surface area contributed by atoms with Gasteiger partial charge in [-0.2, -0.15) is 0 Å². The Morgan fingerprint density at radius 2 is 2.06 bits per heavy atom. The average Bonchev–Trinajstić information content (AvgIpc) is 2.41. The summed E-state index contributed by atoms with van der Waals surface area (Å²) in [7, 11) is 1.46. The van der Waals surface area contributed by atoms with E-state index >= 15 is 0 Å². The minimum atomic E-state index is -0.179. The molecule has 2 rings (SSSR count). The predicted molar refractivity (Wildman–Crippen MR) is 66.8 cm³/mol. The Hall–Kier alpha value is -1.06. The summed E-state index contributed by atoms with van der Waals surface area (Å²) in [5.74, 6) is -0.322. The summed E-state index contributed by atoms with van der Waals surface area (Å²) < 4.78 is 4.94. The van der Waals surface area contributed by atoms with Crippen molar-refractivity contribution in [1.29, 1.82) is 0 Å². The third-order valence-electron chi connectivity index (χ3n) is 3.36. The van der Waals surface area contributed by atoms with Crippen molar-refractivity contribution in [2.24, 2.45) is 0 Å². The smallest absolute Gasteiger partial charge is 0.314 e. The van der Waals surface area contributed by atoms with E-state index < -0.39 is 0 Å². The van der Waals surface area contributed by atoms with Crippen LogP contribution < -0.4 is 17.7 Å². The topological polar surface area (TPSA) is 38.3 Å². The molecule has 0 saturated carbocycles. The fourth-order valence-electron chi connectivity index (χ4n) is 2.48. The first-order valence-corrected chi connectivity index (χ1v) is 6.19. The molecule has 3 nitrogen and oxygen atoms in total. The summed E-state index contributed by atoms with van der Waals surface area (Å²) >= 11 is 0. The third-order valence-corrected chi connectivity index (χ3v) is 3.36. The molecule has 1 aliphatic heterocycles. The summed E-state index contributed by atoms with van der Waals surface area (Å²) in [6.45, 7) is 0.991. The standard InChI is InChI=1S/C14H19NO2.ClH/c1-17-14(16)13(11-7-3-2-4-8-11)12-9-5-6-10-15-12;/h2-4,7-8,12-13,15H,5-6,9-10H2,1H3;1H/p-1/t12?,13-;/m0./s1. The number of carbonyl (C=O) groups excluding carboxylic acids is 1. The van der Waals surface area contributed by atoms with E-state index in [1.807, 2.05) is 30.3 Å². The maximum atomic E-state index is 11.9. The predicted octanol–water partition coefficient (Wildman–Crippen LogP) is -0.911. The number of ether oxygens (including phenoxy) is 1. The van der Waals surface area contributed by atoms with Crippen molar-refractivity contribution in [1.82, 2.24) is 5.32 Å². The third kappa shape index (κ3) is 3.47. The van der Waals surface area contributed by atoms with Crippen LogP contribution in [0, 0.1) is 0 Å². The molecule has 1 heterocycles. The largest absolute Gasteiger partial charge is 1.00 e. The van der Waals surface area contributed by atoms with E-state index in [9.17, 15) is 4.79 Å². The van der Waals surface area contributed by atoms with Crippen molar-refractivity contribution in [2.75, 3.05) is 13.7 Å². The van der Waals surface area contributed by atoms with Gasteiger partial charge in [0.25, 0.3) is 0 Å². The lowest BCUT2D eigenvalue weighted by atomic mass is 9.86. The van der Waals surface area contributed by atoms with Gasteiger partial charge in [0.15, 0.2) is 0 Å². The van der Waals surface area contributed by atoms with Gasteiger partial charge in [0.05, 0.1) is 13.0 Å². The molecule has 2 atom stereocenters. The number of nitrogens with one attached hydrogen (secondary N) is 1. The van der Waals surface area contributed by atoms with Crippen molar-refractivity contribution in [2.45, 2.75) is 31.2 Å². The molecule has 0 aliphatic carbocycles. The Balaban J connectivity index is 0.00000162. The fourth-order valence-corrected chi connectivity index (χ4v) is 2.48. The highest BCUT2D eigenvalue weighted by Crippen LogP contribution is 2.26. The highest BCUT2D eigenvalue weighted by Gasteiger charge is 2.31. The van der Waals surface area contributed by atoms with Gasteiger partial charge < -0.3 is 22.5 Å². The van der Waals surface area contributed by atoms with E-state index in [2.05, 4.69) is 5.32 Å². The second-order valence-corrected chi connectivity index (χ2v) is 4.47. The number of esters is 1. The van der Waals surface area contributed by atoms with Gasteiger partial charge in [-0.3, -0.25) is 4.79 Å². The maximum absolute atomic E-state index is 11.9. The summed E-state index contributed by atoms with van der Waals surface area (Å²) in [5, 5.41) is 3.43. The Labute approximate surface area is 114 Å². The Bertz CT molecular complexity index is 363. The molecule has 4 heteroatoms. The van der Waals surface area contributed by atoms with Crippen LogP contribution >= 0.6 is 0 Å². The zero-order valence-electron chi connectivity index (χ0n) is 10.6. The van der Waals surface area contributed by atoms with Crippen LogP contribution in [0.2, 0.25) is 0 Å². The lowest BCUT2D eigenvalue weighted by Crippen LogP contribution is -3.00. The highest BCUT2D eigenvalue weighted by molar-refractivity contribution is 5.79. The quantitative estimate of drug-likeness (QED) is 0.722. The van der Waals surface area contributed by atoms with E-state index in [-0.39, 0.29) is 30.3 Å². The Morgan fingerprint density at radius 1 is 1.33 bits per heavy atom. The second-order valence-electron chi connectivity index (χ2n) is 4.47. The molecule has 1 aliphatic rings. The number of benzene rings is 1. The van der Waals surface area contributed by atoms with Crippen molar-refractivity contribution >= 4 is 5.97 Å². The molecule has 1 fully saturated rings. The Morgan fingerprint density at radius 3 is 2.61 bits per heavy atom. The normalized spacial score (nSPS) is 20.6. The molecule has 0 bridgehead atoms. The van der Waals surface area contributed by atoms with E-state index in [4.69, 9.17) is 4.74 Å². The number of rotatable bonds is 3. The van der Waals surface area contributed by atoms with Gasteiger partial charge in [-0.05, 0) is 24.9 Å². The average molecular weight is 269 g/mol. The van der Waals surface area contributed by atoms with Crippen LogP contribution in [0.5, 0.6) is 0 Å². The minimum absolute atomic E-state index is 0. The molecule has 1 saturated heterocycles. The first kappa shape index (κ1) is 15.0. The van der Waals surface area contributed by atoms with E-state index in [0.29, 0.717) is 0 Å². The SMILES string of the molecule is COC(=O)[C@@H](c1ccccc1)C1CCCCN1.[Cl-]. The molecule has 1 aromatic carbocycles. The molecule has 1 N–H and O–H groups in total. The lowest BCUT2D eigenvalue weighted by Gasteiger charge is -2.29. The number of hydrogen-bond acceptors (Lipinski definition) is 3. The first-order chi connectivity index (χ1) is 8.33. The van der Waals surface area contributed by atoms with Gasteiger partial charge in [-0.1, -0.05) is 36.8 Å². The Kier molecular flexibility index (Phi) is 6.16. The van der Waals surface area contributed by atoms with E-state index in [0.717, 1.165) is 18.5 Å². The summed E-state index contributed by atoms with van der Waals surface area (Å²) in [5.41, 5.74) is 1.04. The molecule has 0 radical (unpaired) electrons. The molecular formula is C14H19ClNO2-. The van der Waals surface area contributed by atoms with Crippen LogP contribution in [-0.2, 0) is 9.53 Å². The van der Waals surface area contributed by atoms with Crippen molar-refractivity contribution in [3.63, 3.8) is 0 Å². The van der Waals surface area contributed by atoms with Crippen molar-refractivity contribution in [3.8, 4) is 0 Å². The number of methoxy groups -OCH3 is 1. The van der Waals surface area contributed by atoms with Gasteiger partial charge in [0.1, 0.15) is 0 Å². The number of carbonyl (C=O) groups is 1. The van der Waals surface area contributed by atoms with Crippen LogP contribution in [0.4, 0.5) is 0 Å². The van der Waals surface area contributed by atoms with Gasteiger partial charge >= 0.3 is 5.97 Å². The summed E-state index contributed by atoms with van der Waals surface area (Å²) in [6, 6.07) is 10.1. The van der Waals surface area contributed by atoms with E-state index in [1.54, 1.807) is 0 Å². The first-order valence-electron chi connectivity index (χ1n) is 6.19. The lowest BCUT2D eigenvalue weighted by molar-refractivity contribution is -0.143. The molecule has 0 spiro atoms. The highest BCUT2D eigenvalue weighted by atomic mass is 35.5. The molecular weight excluding hydrogens is 250 g/mol. The second kappa shape index (κ2) is 7.39. The molecule has 0 amide bonds. The van der Waals surface area contributed by atoms with Crippen LogP contribution in [0.3, 0.4) is 0 Å². The van der Waals surface area contributed by atoms with Crippen LogP contribution in [0.1, 0.15) is 30.7 Å². The molecule has 1 unspecified atom stereocenters. The number of piperidine rings is 1. The molecule has 18 heavy (non-hydrogen) atoms. The van der Waals surface area contributed by atoms with Crippen molar-refractivity contribution < 1.29 is 21.9 Å². The summed E-state index contributed by atoms with van der Waals surface area (Å²) in [6.07, 6.45) is 3.41. The molecule has 100 valence electrons. The fraction of sp³-hybridized carbons (Fsp3) is 0.500. The van der Waals surface area contributed by atoms with Gasteiger partial charge in [-0.15, -0.1) is 0 Å². The van der Waals surface area contributed by atoms with Gasteiger partial charge in [0, 0.05) is 6.04 Å². The zero-order valence-corrected chi connectivity index (χ0v) is 11.3. The zero-order chi connectivity index (χ0) is 12.1.